The lowest BCUT2D eigenvalue weighted by atomic mass is 9.94. The Morgan fingerprint density at radius 3 is 2.59 bits per heavy atom. The first-order valence-corrected chi connectivity index (χ1v) is 11.2. The molecule has 2 N–H and O–H groups in total. The van der Waals surface area contributed by atoms with Gasteiger partial charge >= 0.3 is 0 Å². The second kappa shape index (κ2) is 12.2. The first kappa shape index (κ1) is 26.2. The van der Waals surface area contributed by atoms with E-state index in [1.165, 1.54) is 6.42 Å². The predicted octanol–water partition coefficient (Wildman–Crippen LogP) is 4.47. The van der Waals surface area contributed by atoms with Crippen molar-refractivity contribution in [1.29, 1.82) is 0 Å². The van der Waals surface area contributed by atoms with Gasteiger partial charge in [0.2, 0.25) is 5.89 Å². The Morgan fingerprint density at radius 1 is 1.19 bits per heavy atom. The van der Waals surface area contributed by atoms with Gasteiger partial charge in [-0.2, -0.15) is 0 Å². The normalized spacial score (nSPS) is 14.6. The van der Waals surface area contributed by atoms with Gasteiger partial charge in [0.25, 0.3) is 5.91 Å². The minimum Gasteiger partial charge on any atom is -0.443 e. The lowest BCUT2D eigenvalue weighted by Crippen LogP contribution is -2.37. The average molecular weight is 553 g/mol. The van der Waals surface area contributed by atoms with E-state index in [0.717, 1.165) is 49.4 Å². The first-order chi connectivity index (χ1) is 14.9. The molecule has 0 aliphatic carbocycles. The maximum Gasteiger partial charge on any atom is 0.253 e. The topological polar surface area (TPSA) is 82.8 Å². The summed E-state index contributed by atoms with van der Waals surface area (Å²) >= 11 is 0. The van der Waals surface area contributed by atoms with Crippen LogP contribution in [0.4, 0.5) is 0 Å². The quantitative estimate of drug-likeness (QED) is 0.314. The third-order valence-electron chi connectivity index (χ3n) is 5.28. The maximum absolute atomic E-state index is 12.8. The van der Waals surface area contributed by atoms with Gasteiger partial charge in [-0.05, 0) is 43.9 Å². The maximum atomic E-state index is 12.8. The van der Waals surface area contributed by atoms with Gasteiger partial charge in [0.1, 0.15) is 5.76 Å². The third-order valence-corrected chi connectivity index (χ3v) is 5.28. The molecule has 1 aromatic carbocycles. The fourth-order valence-corrected chi connectivity index (χ4v) is 3.49. The molecule has 1 saturated heterocycles. The number of nitrogens with zero attached hydrogens (tertiary/aromatic N) is 3. The molecule has 2 heterocycles. The molecule has 0 spiro atoms. The van der Waals surface area contributed by atoms with Crippen molar-refractivity contribution < 1.29 is 9.21 Å². The molecule has 2 aromatic rings. The molecule has 32 heavy (non-hydrogen) atoms. The third kappa shape index (κ3) is 7.50. The fraction of sp³-hybridized carbons (Fsp3) is 0.542. The lowest BCUT2D eigenvalue weighted by Gasteiger charge is -2.26. The molecule has 1 aliphatic heterocycles. The highest BCUT2D eigenvalue weighted by Crippen LogP contribution is 2.22. The smallest absolute Gasteiger partial charge is 0.253 e. The summed E-state index contributed by atoms with van der Waals surface area (Å²) in [5.74, 6) is 2.30. The molecule has 1 amide bonds. The molecule has 1 aliphatic rings. The largest absolute Gasteiger partial charge is 0.443 e. The number of carbonyl (C=O) groups is 1. The van der Waals surface area contributed by atoms with Crippen LogP contribution in [-0.2, 0) is 18.5 Å². The van der Waals surface area contributed by atoms with Crippen molar-refractivity contribution in [2.24, 2.45) is 4.99 Å². The number of oxazole rings is 1. The number of aliphatic imine (C=N–C) groups is 1. The number of hydrogen-bond donors (Lipinski definition) is 2. The Labute approximate surface area is 208 Å². The van der Waals surface area contributed by atoms with Crippen LogP contribution in [0.5, 0.6) is 0 Å². The summed E-state index contributed by atoms with van der Waals surface area (Å²) < 4.78 is 5.84. The second-order valence-electron chi connectivity index (χ2n) is 8.97. The summed E-state index contributed by atoms with van der Waals surface area (Å²) in [7, 11) is 0. The van der Waals surface area contributed by atoms with E-state index in [-0.39, 0.29) is 35.3 Å². The number of carbonyl (C=O) groups excluding carboxylic acids is 1. The van der Waals surface area contributed by atoms with Crippen LogP contribution in [0.1, 0.15) is 74.5 Å². The zero-order valence-corrected chi connectivity index (χ0v) is 21.9. The Kier molecular flexibility index (Phi) is 9.99. The first-order valence-electron chi connectivity index (χ1n) is 11.2. The van der Waals surface area contributed by atoms with Gasteiger partial charge in [0.05, 0.1) is 19.3 Å². The van der Waals surface area contributed by atoms with Crippen molar-refractivity contribution in [3.8, 4) is 0 Å². The van der Waals surface area contributed by atoms with Gasteiger partial charge in [0, 0.05) is 30.6 Å². The Hall–Kier alpha value is -2.10. The number of likely N-dealkylation sites (tertiary alicyclic amines) is 1. The zero-order valence-electron chi connectivity index (χ0n) is 19.6. The molecule has 0 atom stereocenters. The van der Waals surface area contributed by atoms with E-state index in [1.54, 1.807) is 6.20 Å². The van der Waals surface area contributed by atoms with E-state index >= 15 is 0 Å². The summed E-state index contributed by atoms with van der Waals surface area (Å²) in [5.41, 5.74) is 1.67. The SMILES string of the molecule is CCNC(=NCc1cccc(C(=O)N2CCCCC2)c1)NCc1ncc(C(C)(C)C)o1.I. The van der Waals surface area contributed by atoms with Crippen molar-refractivity contribution >= 4 is 35.8 Å². The van der Waals surface area contributed by atoms with Crippen LogP contribution in [0.25, 0.3) is 0 Å². The summed E-state index contributed by atoms with van der Waals surface area (Å²) in [6.45, 7) is 11.7. The molecule has 0 saturated carbocycles. The Bertz CT molecular complexity index is 898. The van der Waals surface area contributed by atoms with Crippen LogP contribution in [0, 0.1) is 0 Å². The van der Waals surface area contributed by atoms with E-state index in [2.05, 4.69) is 41.4 Å². The molecule has 0 bridgehead atoms. The highest BCUT2D eigenvalue weighted by atomic mass is 127. The van der Waals surface area contributed by atoms with Crippen molar-refractivity contribution in [3.05, 3.63) is 53.2 Å². The van der Waals surface area contributed by atoms with Crippen LogP contribution in [0.3, 0.4) is 0 Å². The molecule has 176 valence electrons. The van der Waals surface area contributed by atoms with Crippen molar-refractivity contribution in [1.82, 2.24) is 20.5 Å². The molecule has 3 rings (SSSR count). The molecule has 0 unspecified atom stereocenters. The zero-order chi connectivity index (χ0) is 22.3. The van der Waals surface area contributed by atoms with Gasteiger partial charge < -0.3 is 20.0 Å². The van der Waals surface area contributed by atoms with Crippen LogP contribution in [0.15, 0.2) is 39.9 Å². The molecule has 1 fully saturated rings. The van der Waals surface area contributed by atoms with Gasteiger partial charge in [-0.1, -0.05) is 32.9 Å². The number of aromatic nitrogens is 1. The molecular formula is C24H36IN5O2. The van der Waals surface area contributed by atoms with Crippen LogP contribution in [-0.4, -0.2) is 41.4 Å². The van der Waals surface area contributed by atoms with Gasteiger partial charge in [-0.25, -0.2) is 9.98 Å². The minimum absolute atomic E-state index is 0. The van der Waals surface area contributed by atoms with Gasteiger partial charge in [0.15, 0.2) is 5.96 Å². The highest BCUT2D eigenvalue weighted by molar-refractivity contribution is 14.0. The summed E-state index contributed by atoms with van der Waals surface area (Å²) in [4.78, 5) is 23.8. The van der Waals surface area contributed by atoms with Gasteiger partial charge in [-0.3, -0.25) is 4.79 Å². The minimum atomic E-state index is -0.0690. The molecular weight excluding hydrogens is 517 g/mol. The van der Waals surface area contributed by atoms with Gasteiger partial charge in [-0.15, -0.1) is 24.0 Å². The molecule has 1 aromatic heterocycles. The van der Waals surface area contributed by atoms with Crippen LogP contribution < -0.4 is 10.6 Å². The molecule has 7 nitrogen and oxygen atoms in total. The number of halogens is 1. The van der Waals surface area contributed by atoms with Crippen molar-refractivity contribution in [2.75, 3.05) is 19.6 Å². The van der Waals surface area contributed by atoms with Crippen LogP contribution in [0.2, 0.25) is 0 Å². The average Bonchev–Trinajstić information content (AvgIpc) is 3.26. The van der Waals surface area contributed by atoms with Crippen molar-refractivity contribution in [3.63, 3.8) is 0 Å². The molecule has 0 radical (unpaired) electrons. The van der Waals surface area contributed by atoms with E-state index in [9.17, 15) is 4.79 Å². The number of nitrogens with one attached hydrogen (secondary N) is 2. The van der Waals surface area contributed by atoms with E-state index in [1.807, 2.05) is 36.1 Å². The van der Waals surface area contributed by atoms with Crippen molar-refractivity contribution in [2.45, 2.75) is 65.5 Å². The highest BCUT2D eigenvalue weighted by Gasteiger charge is 2.19. The lowest BCUT2D eigenvalue weighted by molar-refractivity contribution is 0.0724. The van der Waals surface area contributed by atoms with E-state index in [4.69, 9.17) is 4.42 Å². The van der Waals surface area contributed by atoms with E-state index in [0.29, 0.717) is 24.9 Å². The van der Waals surface area contributed by atoms with Crippen LogP contribution >= 0.6 is 24.0 Å². The fourth-order valence-electron chi connectivity index (χ4n) is 3.49. The molecule has 8 heteroatoms. The number of rotatable bonds is 6. The monoisotopic (exact) mass is 553 g/mol. The number of amides is 1. The standard InChI is InChI=1S/C24H35N5O2.HI/c1-5-25-23(28-17-21-26-16-20(31-21)24(2,3)4)27-15-18-10-9-11-19(14-18)22(30)29-12-7-6-8-13-29;/h9-11,14,16H,5-8,12-13,15,17H2,1-4H3,(H2,25,27,28);1H. The summed E-state index contributed by atoms with van der Waals surface area (Å²) in [5, 5.41) is 6.51. The Balaban J connectivity index is 0.00000363. The number of benzene rings is 1. The predicted molar refractivity (Wildman–Crippen MR) is 138 cm³/mol. The number of hydrogen-bond acceptors (Lipinski definition) is 4. The summed E-state index contributed by atoms with van der Waals surface area (Å²) in [6.07, 6.45) is 5.18. The second-order valence-corrected chi connectivity index (χ2v) is 8.97. The van der Waals surface area contributed by atoms with E-state index < -0.39 is 0 Å². The number of piperidine rings is 1. The summed E-state index contributed by atoms with van der Waals surface area (Å²) in [6, 6.07) is 7.78. The Morgan fingerprint density at radius 2 is 1.94 bits per heavy atom. The number of guanidine groups is 1.